The van der Waals surface area contributed by atoms with Crippen LogP contribution in [0.1, 0.15) is 41.3 Å². The van der Waals surface area contributed by atoms with Crippen LogP contribution in [0.3, 0.4) is 0 Å². The standard InChI is InChI=1S/C17H16F2O/c1-2-3-4-12-5-7-13(8-6-12)17(20)15-10-9-14(18)11-16(15)19/h5-11H,2-4H2,1H3. The molecular weight excluding hydrogens is 258 g/mol. The van der Waals surface area contributed by atoms with E-state index in [0.717, 1.165) is 37.0 Å². The maximum atomic E-state index is 13.6. The summed E-state index contributed by atoms with van der Waals surface area (Å²) >= 11 is 0. The molecule has 2 rings (SSSR count). The van der Waals surface area contributed by atoms with Gasteiger partial charge in [-0.3, -0.25) is 4.79 Å². The zero-order chi connectivity index (χ0) is 14.5. The monoisotopic (exact) mass is 274 g/mol. The van der Waals surface area contributed by atoms with Crippen molar-refractivity contribution < 1.29 is 13.6 Å². The SMILES string of the molecule is CCCCc1ccc(C(=O)c2ccc(F)cc2F)cc1. The van der Waals surface area contributed by atoms with Gasteiger partial charge in [0.2, 0.25) is 0 Å². The van der Waals surface area contributed by atoms with Gasteiger partial charge in [-0.2, -0.15) is 0 Å². The van der Waals surface area contributed by atoms with Crippen molar-refractivity contribution in [1.82, 2.24) is 0 Å². The van der Waals surface area contributed by atoms with E-state index in [4.69, 9.17) is 0 Å². The summed E-state index contributed by atoms with van der Waals surface area (Å²) in [5.41, 5.74) is 1.46. The van der Waals surface area contributed by atoms with Crippen molar-refractivity contribution in [2.24, 2.45) is 0 Å². The van der Waals surface area contributed by atoms with E-state index in [1.165, 1.54) is 6.07 Å². The summed E-state index contributed by atoms with van der Waals surface area (Å²) < 4.78 is 26.4. The molecule has 0 radical (unpaired) electrons. The molecule has 0 unspecified atom stereocenters. The summed E-state index contributed by atoms with van der Waals surface area (Å²) in [5.74, 6) is -1.94. The molecule has 1 nitrogen and oxygen atoms in total. The second kappa shape index (κ2) is 6.42. The topological polar surface area (TPSA) is 17.1 Å². The van der Waals surface area contributed by atoms with Gasteiger partial charge < -0.3 is 0 Å². The molecule has 3 heteroatoms. The van der Waals surface area contributed by atoms with Crippen molar-refractivity contribution in [2.75, 3.05) is 0 Å². The van der Waals surface area contributed by atoms with Crippen LogP contribution in [-0.4, -0.2) is 5.78 Å². The van der Waals surface area contributed by atoms with E-state index in [-0.39, 0.29) is 5.56 Å². The summed E-state index contributed by atoms with van der Waals surface area (Å²) in [5, 5.41) is 0. The summed E-state index contributed by atoms with van der Waals surface area (Å²) in [6.45, 7) is 2.12. The Balaban J connectivity index is 2.20. The van der Waals surface area contributed by atoms with Crippen LogP contribution in [0.15, 0.2) is 42.5 Å². The van der Waals surface area contributed by atoms with Crippen molar-refractivity contribution in [3.05, 3.63) is 70.8 Å². The molecule has 0 atom stereocenters. The van der Waals surface area contributed by atoms with E-state index in [2.05, 4.69) is 6.92 Å². The summed E-state index contributed by atoms with van der Waals surface area (Å²) in [6, 6.07) is 10.1. The maximum Gasteiger partial charge on any atom is 0.195 e. The van der Waals surface area contributed by atoms with E-state index < -0.39 is 17.4 Å². The Bertz CT molecular complexity index is 603. The highest BCUT2D eigenvalue weighted by atomic mass is 19.1. The van der Waals surface area contributed by atoms with Gasteiger partial charge in [0.25, 0.3) is 0 Å². The van der Waals surface area contributed by atoms with E-state index >= 15 is 0 Å². The van der Waals surface area contributed by atoms with Crippen LogP contribution < -0.4 is 0 Å². The van der Waals surface area contributed by atoms with Crippen molar-refractivity contribution in [3.8, 4) is 0 Å². The number of benzene rings is 2. The minimum atomic E-state index is -0.829. The Hall–Kier alpha value is -2.03. The van der Waals surface area contributed by atoms with Gasteiger partial charge in [0, 0.05) is 11.6 Å². The molecule has 0 aliphatic carbocycles. The zero-order valence-electron chi connectivity index (χ0n) is 11.3. The molecule has 0 amide bonds. The lowest BCUT2D eigenvalue weighted by Gasteiger charge is -2.05. The number of carbonyl (C=O) groups is 1. The number of hydrogen-bond acceptors (Lipinski definition) is 1. The summed E-state index contributed by atoms with van der Waals surface area (Å²) in [7, 11) is 0. The lowest BCUT2D eigenvalue weighted by molar-refractivity contribution is 0.103. The molecule has 0 spiro atoms. The largest absolute Gasteiger partial charge is 0.288 e. The number of aryl methyl sites for hydroxylation is 1. The molecule has 0 aromatic heterocycles. The summed E-state index contributed by atoms with van der Waals surface area (Å²) in [4.78, 5) is 12.1. The van der Waals surface area contributed by atoms with Gasteiger partial charge in [-0.15, -0.1) is 0 Å². The van der Waals surface area contributed by atoms with Crippen LogP contribution >= 0.6 is 0 Å². The number of halogens is 2. The predicted octanol–water partition coefficient (Wildman–Crippen LogP) is 4.54. The van der Waals surface area contributed by atoms with Gasteiger partial charge in [-0.1, -0.05) is 37.6 Å². The van der Waals surface area contributed by atoms with Crippen molar-refractivity contribution in [3.63, 3.8) is 0 Å². The normalized spacial score (nSPS) is 10.6. The first-order chi connectivity index (χ1) is 9.61. The van der Waals surface area contributed by atoms with Gasteiger partial charge in [-0.25, -0.2) is 8.78 Å². The van der Waals surface area contributed by atoms with Crippen LogP contribution in [0.4, 0.5) is 8.78 Å². The first kappa shape index (κ1) is 14.4. The summed E-state index contributed by atoms with van der Waals surface area (Å²) in [6.07, 6.45) is 3.18. The van der Waals surface area contributed by atoms with Gasteiger partial charge in [0.15, 0.2) is 5.78 Å². The quantitative estimate of drug-likeness (QED) is 0.732. The highest BCUT2D eigenvalue weighted by Crippen LogP contribution is 2.16. The lowest BCUT2D eigenvalue weighted by atomic mass is 10.00. The molecule has 104 valence electrons. The van der Waals surface area contributed by atoms with Gasteiger partial charge in [0.05, 0.1) is 5.56 Å². The van der Waals surface area contributed by atoms with E-state index in [0.29, 0.717) is 5.56 Å². The number of ketones is 1. The van der Waals surface area contributed by atoms with Gasteiger partial charge in [-0.05, 0) is 30.5 Å². The Morgan fingerprint density at radius 2 is 1.75 bits per heavy atom. The highest BCUT2D eigenvalue weighted by Gasteiger charge is 2.14. The molecule has 0 aliphatic rings. The third-order valence-corrected chi connectivity index (χ3v) is 3.21. The Morgan fingerprint density at radius 1 is 1.05 bits per heavy atom. The van der Waals surface area contributed by atoms with Crippen molar-refractivity contribution >= 4 is 5.78 Å². The van der Waals surface area contributed by atoms with Crippen molar-refractivity contribution in [2.45, 2.75) is 26.2 Å². The van der Waals surface area contributed by atoms with Crippen LogP contribution in [-0.2, 0) is 6.42 Å². The van der Waals surface area contributed by atoms with E-state index in [9.17, 15) is 13.6 Å². The van der Waals surface area contributed by atoms with Crippen LogP contribution in [0.2, 0.25) is 0 Å². The molecule has 0 N–H and O–H groups in total. The Labute approximate surface area is 117 Å². The highest BCUT2D eigenvalue weighted by molar-refractivity contribution is 6.09. The fourth-order valence-electron chi connectivity index (χ4n) is 2.03. The molecule has 0 heterocycles. The van der Waals surface area contributed by atoms with E-state index in [1.807, 2.05) is 12.1 Å². The third kappa shape index (κ3) is 3.29. The smallest absolute Gasteiger partial charge is 0.195 e. The fraction of sp³-hybridized carbons (Fsp3) is 0.235. The number of carbonyl (C=O) groups excluding carboxylic acids is 1. The number of rotatable bonds is 5. The first-order valence-corrected chi connectivity index (χ1v) is 6.70. The molecular formula is C17H16F2O. The van der Waals surface area contributed by atoms with Crippen molar-refractivity contribution in [1.29, 1.82) is 0 Å². The minimum absolute atomic E-state index is 0.104. The Kier molecular flexibility index (Phi) is 4.61. The maximum absolute atomic E-state index is 13.6. The molecule has 0 bridgehead atoms. The average molecular weight is 274 g/mol. The fourth-order valence-corrected chi connectivity index (χ4v) is 2.03. The van der Waals surface area contributed by atoms with Gasteiger partial charge >= 0.3 is 0 Å². The molecule has 0 saturated heterocycles. The van der Waals surface area contributed by atoms with Gasteiger partial charge in [0.1, 0.15) is 11.6 Å². The minimum Gasteiger partial charge on any atom is -0.288 e. The van der Waals surface area contributed by atoms with Crippen LogP contribution in [0.5, 0.6) is 0 Å². The molecule has 0 saturated carbocycles. The molecule has 0 fully saturated rings. The Morgan fingerprint density at radius 3 is 2.35 bits per heavy atom. The zero-order valence-corrected chi connectivity index (χ0v) is 11.3. The average Bonchev–Trinajstić information content (AvgIpc) is 2.45. The molecule has 2 aromatic carbocycles. The number of unbranched alkanes of at least 4 members (excludes halogenated alkanes) is 1. The number of hydrogen-bond donors (Lipinski definition) is 0. The van der Waals surface area contributed by atoms with Crippen LogP contribution in [0, 0.1) is 11.6 Å². The lowest BCUT2D eigenvalue weighted by Crippen LogP contribution is -2.04. The van der Waals surface area contributed by atoms with E-state index in [1.54, 1.807) is 12.1 Å². The second-order valence-corrected chi connectivity index (χ2v) is 4.75. The van der Waals surface area contributed by atoms with Crippen LogP contribution in [0.25, 0.3) is 0 Å². The predicted molar refractivity (Wildman–Crippen MR) is 74.8 cm³/mol. The second-order valence-electron chi connectivity index (χ2n) is 4.75. The molecule has 2 aromatic rings. The first-order valence-electron chi connectivity index (χ1n) is 6.70. The molecule has 20 heavy (non-hydrogen) atoms. The third-order valence-electron chi connectivity index (χ3n) is 3.21. The molecule has 0 aliphatic heterocycles.